The number of aliphatic hydroxyl groups excluding tert-OH is 1. The monoisotopic (exact) mass is 564 g/mol. The van der Waals surface area contributed by atoms with Crippen LogP contribution in [-0.4, -0.2) is 57.6 Å². The molecule has 1 aliphatic heterocycles. The lowest BCUT2D eigenvalue weighted by Gasteiger charge is -2.43. The smallest absolute Gasteiger partial charge is 0.137 e. The number of nitrogens with zero attached hydrogens (tertiary/aromatic N) is 3. The molecule has 0 bridgehead atoms. The molecule has 0 amide bonds. The predicted molar refractivity (Wildman–Crippen MR) is 174 cm³/mol. The number of hydrogen-bond donors (Lipinski definition) is 2. The van der Waals surface area contributed by atoms with Crippen molar-refractivity contribution in [3.8, 4) is 11.4 Å². The van der Waals surface area contributed by atoms with E-state index in [-0.39, 0.29) is 16.9 Å². The van der Waals surface area contributed by atoms with Gasteiger partial charge in [0.1, 0.15) is 11.9 Å². The Morgan fingerprint density at radius 2 is 1.24 bits per heavy atom. The van der Waals surface area contributed by atoms with E-state index >= 15 is 0 Å². The second-order valence-electron chi connectivity index (χ2n) is 13.9. The Kier molecular flexibility index (Phi) is 8.75. The lowest BCUT2D eigenvalue weighted by Crippen LogP contribution is -2.49. The van der Waals surface area contributed by atoms with Crippen LogP contribution in [0.5, 0.6) is 0 Å². The highest BCUT2D eigenvalue weighted by Gasteiger charge is 2.34. The summed E-state index contributed by atoms with van der Waals surface area (Å²) in [4.78, 5) is 13.2. The third kappa shape index (κ3) is 6.54. The third-order valence-corrected chi connectivity index (χ3v) is 8.62. The molecule has 1 fully saturated rings. The Balaban J connectivity index is 1.38. The molecule has 3 aromatic carbocycles. The molecule has 0 aliphatic carbocycles. The Labute approximate surface area is 252 Å². The fourth-order valence-corrected chi connectivity index (χ4v) is 6.46. The Morgan fingerprint density at radius 1 is 0.738 bits per heavy atom. The molecule has 1 aromatic heterocycles. The second kappa shape index (κ2) is 12.2. The number of aromatic amines is 1. The van der Waals surface area contributed by atoms with Gasteiger partial charge < -0.3 is 10.1 Å². The van der Waals surface area contributed by atoms with Gasteiger partial charge in [0.05, 0.1) is 11.7 Å². The van der Waals surface area contributed by atoms with Crippen LogP contribution in [0.15, 0.2) is 78.9 Å². The van der Waals surface area contributed by atoms with E-state index in [0.717, 1.165) is 49.0 Å². The van der Waals surface area contributed by atoms with Crippen molar-refractivity contribution in [2.45, 2.75) is 71.4 Å². The minimum absolute atomic E-state index is 0.0392. The van der Waals surface area contributed by atoms with E-state index in [0.29, 0.717) is 6.54 Å². The highest BCUT2D eigenvalue weighted by Crippen LogP contribution is 2.40. The number of benzene rings is 3. The fourth-order valence-electron chi connectivity index (χ4n) is 6.46. The van der Waals surface area contributed by atoms with Crippen LogP contribution in [0, 0.1) is 6.92 Å². The van der Waals surface area contributed by atoms with Gasteiger partial charge in [-0.1, -0.05) is 120 Å². The van der Waals surface area contributed by atoms with E-state index in [1.54, 1.807) is 0 Å². The molecular formula is C37H48N4O. The zero-order chi connectivity index (χ0) is 30.1. The Morgan fingerprint density at radius 3 is 1.76 bits per heavy atom. The van der Waals surface area contributed by atoms with Crippen LogP contribution in [0.4, 0.5) is 0 Å². The molecule has 42 heavy (non-hydrogen) atoms. The minimum atomic E-state index is -0.635. The molecule has 1 saturated heterocycles. The van der Waals surface area contributed by atoms with E-state index in [1.165, 1.54) is 22.3 Å². The van der Waals surface area contributed by atoms with Gasteiger partial charge in [0.25, 0.3) is 0 Å². The molecule has 1 aliphatic rings. The maximum atomic E-state index is 11.3. The molecule has 222 valence electrons. The minimum Gasteiger partial charge on any atom is -0.385 e. The van der Waals surface area contributed by atoms with Gasteiger partial charge in [0, 0.05) is 44.0 Å². The molecule has 0 saturated carbocycles. The number of nitrogens with one attached hydrogen (secondary N) is 1. The molecule has 5 nitrogen and oxygen atoms in total. The summed E-state index contributed by atoms with van der Waals surface area (Å²) in [6, 6.07) is 28.3. The fraction of sp³-hybridized carbons (Fsp3) is 0.432. The van der Waals surface area contributed by atoms with Crippen molar-refractivity contribution in [1.29, 1.82) is 0 Å². The third-order valence-electron chi connectivity index (χ3n) is 8.62. The summed E-state index contributed by atoms with van der Waals surface area (Å²) in [7, 11) is 0. The van der Waals surface area contributed by atoms with Crippen molar-refractivity contribution in [2.24, 2.45) is 0 Å². The summed E-state index contributed by atoms with van der Waals surface area (Å²) in [6.07, 6.45) is -0.635. The highest BCUT2D eigenvalue weighted by atomic mass is 16.3. The molecule has 0 radical (unpaired) electrons. The topological polar surface area (TPSA) is 55.4 Å². The van der Waals surface area contributed by atoms with Crippen molar-refractivity contribution >= 4 is 0 Å². The molecule has 4 aromatic rings. The van der Waals surface area contributed by atoms with Crippen LogP contribution in [0.25, 0.3) is 11.4 Å². The van der Waals surface area contributed by atoms with Crippen LogP contribution in [0.3, 0.4) is 0 Å². The Hall–Kier alpha value is -3.25. The largest absolute Gasteiger partial charge is 0.385 e. The lowest BCUT2D eigenvalue weighted by molar-refractivity contribution is 0.0601. The van der Waals surface area contributed by atoms with E-state index in [2.05, 4.69) is 105 Å². The maximum absolute atomic E-state index is 11.3. The van der Waals surface area contributed by atoms with Crippen molar-refractivity contribution in [3.05, 3.63) is 113 Å². The van der Waals surface area contributed by atoms with Gasteiger partial charge in [-0.2, -0.15) is 0 Å². The van der Waals surface area contributed by atoms with Gasteiger partial charge >= 0.3 is 0 Å². The van der Waals surface area contributed by atoms with Crippen molar-refractivity contribution in [3.63, 3.8) is 0 Å². The normalized spacial score (nSPS) is 16.2. The Bertz CT molecular complexity index is 1410. The summed E-state index contributed by atoms with van der Waals surface area (Å²) in [6.45, 7) is 20.2. The van der Waals surface area contributed by atoms with Gasteiger partial charge in [-0.25, -0.2) is 4.98 Å². The number of imidazole rings is 1. The molecule has 2 heterocycles. The zero-order valence-electron chi connectivity index (χ0n) is 26.5. The maximum Gasteiger partial charge on any atom is 0.137 e. The van der Waals surface area contributed by atoms with E-state index in [1.807, 2.05) is 37.3 Å². The van der Waals surface area contributed by atoms with Crippen LogP contribution < -0.4 is 0 Å². The van der Waals surface area contributed by atoms with E-state index in [9.17, 15) is 5.11 Å². The number of aromatic nitrogens is 2. The lowest BCUT2D eigenvalue weighted by atomic mass is 9.76. The molecule has 5 heteroatoms. The number of H-pyrrole nitrogens is 1. The van der Waals surface area contributed by atoms with Crippen LogP contribution in [-0.2, 0) is 10.8 Å². The number of piperazine rings is 1. The molecule has 0 spiro atoms. The first-order chi connectivity index (χ1) is 19.9. The molecular weight excluding hydrogens is 516 g/mol. The molecule has 2 N–H and O–H groups in total. The number of aliphatic hydroxyl groups is 1. The summed E-state index contributed by atoms with van der Waals surface area (Å²) in [5.74, 6) is 0.810. The quantitative estimate of drug-likeness (QED) is 0.245. The van der Waals surface area contributed by atoms with E-state index in [4.69, 9.17) is 4.98 Å². The molecule has 1 unspecified atom stereocenters. The van der Waals surface area contributed by atoms with Gasteiger partial charge in [0.2, 0.25) is 0 Å². The van der Waals surface area contributed by atoms with Gasteiger partial charge in [-0.05, 0) is 40.0 Å². The first-order valence-corrected chi connectivity index (χ1v) is 15.4. The second-order valence-corrected chi connectivity index (χ2v) is 13.9. The van der Waals surface area contributed by atoms with Gasteiger partial charge in [0.15, 0.2) is 0 Å². The van der Waals surface area contributed by atoms with Crippen molar-refractivity contribution in [2.75, 3.05) is 32.7 Å². The van der Waals surface area contributed by atoms with Crippen molar-refractivity contribution < 1.29 is 5.11 Å². The average Bonchev–Trinajstić information content (AvgIpc) is 3.36. The van der Waals surface area contributed by atoms with E-state index < -0.39 is 6.10 Å². The number of β-amino-alcohol motifs (C(OH)–C–C–N with tert-alkyl or cyclic N) is 1. The number of hydrogen-bond acceptors (Lipinski definition) is 4. The van der Waals surface area contributed by atoms with Crippen molar-refractivity contribution in [1.82, 2.24) is 19.8 Å². The standard InChI is InChI=1S/C37H48N4O/c1-26-33(39-35(38-26)27-15-9-8-10-16-27)32(42)25-40-21-23-41(24-22-40)34(28-17-11-13-19-30(28)36(2,3)4)29-18-12-14-20-31(29)37(5,6)7/h8-20,32,34,42H,21-25H2,1-7H3,(H,38,39). The molecule has 1 atom stereocenters. The summed E-state index contributed by atoms with van der Waals surface area (Å²) in [5, 5.41) is 11.3. The van der Waals surface area contributed by atoms with Crippen LogP contribution in [0.1, 0.15) is 87.3 Å². The highest BCUT2D eigenvalue weighted by molar-refractivity contribution is 5.55. The van der Waals surface area contributed by atoms with Gasteiger partial charge in [-0.15, -0.1) is 0 Å². The summed E-state index contributed by atoms with van der Waals surface area (Å²) >= 11 is 0. The summed E-state index contributed by atoms with van der Waals surface area (Å²) in [5.41, 5.74) is 8.38. The number of aryl methyl sites for hydroxylation is 1. The average molecular weight is 565 g/mol. The first kappa shape index (κ1) is 30.2. The SMILES string of the molecule is Cc1[nH]c(-c2ccccc2)nc1C(O)CN1CCN(C(c2ccccc2C(C)(C)C)c2ccccc2C(C)(C)C)CC1. The predicted octanol–water partition coefficient (Wildman–Crippen LogP) is 7.42. The molecule has 5 rings (SSSR count). The number of rotatable bonds is 7. The first-order valence-electron chi connectivity index (χ1n) is 15.4. The zero-order valence-corrected chi connectivity index (χ0v) is 26.5. The summed E-state index contributed by atoms with van der Waals surface area (Å²) < 4.78 is 0. The van der Waals surface area contributed by atoms with Crippen LogP contribution in [0.2, 0.25) is 0 Å². The van der Waals surface area contributed by atoms with Gasteiger partial charge in [-0.3, -0.25) is 9.80 Å². The van der Waals surface area contributed by atoms with Crippen LogP contribution >= 0.6 is 0 Å².